The number of aryl methyl sites for hydroxylation is 1. The van der Waals surface area contributed by atoms with Gasteiger partial charge in [0.25, 0.3) is 5.56 Å². The molecule has 32 heavy (non-hydrogen) atoms. The average Bonchev–Trinajstić information content (AvgIpc) is 3.13. The summed E-state index contributed by atoms with van der Waals surface area (Å²) in [4.78, 5) is 33.2. The SMILES string of the molecule is Cc1cc(-c2cc3c(cc2F)c(=O)c2c(=O)[nH]sc2n3-c2nc(N)c(F)cc2F)ccn1. The smallest absolute Gasteiger partial charge is 0.271 e. The lowest BCUT2D eigenvalue weighted by Gasteiger charge is -2.15. The third kappa shape index (κ3) is 2.89. The Labute approximate surface area is 180 Å². The van der Waals surface area contributed by atoms with Crippen molar-refractivity contribution < 1.29 is 13.2 Å². The Hall–Kier alpha value is -3.99. The van der Waals surface area contributed by atoms with Crippen molar-refractivity contribution in [1.29, 1.82) is 0 Å². The van der Waals surface area contributed by atoms with E-state index in [-0.39, 0.29) is 26.7 Å². The van der Waals surface area contributed by atoms with Crippen LogP contribution in [0.4, 0.5) is 19.0 Å². The number of fused-ring (bicyclic) bond motifs is 2. The molecule has 0 amide bonds. The maximum atomic E-state index is 15.1. The Morgan fingerprint density at radius 1 is 1.06 bits per heavy atom. The molecule has 0 bridgehead atoms. The molecule has 3 N–H and O–H groups in total. The van der Waals surface area contributed by atoms with Gasteiger partial charge in [-0.05, 0) is 48.3 Å². The molecule has 0 fully saturated rings. The van der Waals surface area contributed by atoms with Crippen LogP contribution in [-0.4, -0.2) is 18.9 Å². The first-order valence-electron chi connectivity index (χ1n) is 9.20. The van der Waals surface area contributed by atoms with E-state index in [1.54, 1.807) is 19.1 Å². The fourth-order valence-electron chi connectivity index (χ4n) is 3.60. The average molecular weight is 455 g/mol. The fraction of sp³-hybridized carbons (Fsp3) is 0.0476. The number of nitrogens with two attached hydrogens (primary N) is 1. The largest absolute Gasteiger partial charge is 0.381 e. The molecule has 5 rings (SSSR count). The topological polar surface area (TPSA) is 107 Å². The lowest BCUT2D eigenvalue weighted by Crippen LogP contribution is -2.17. The molecule has 0 unspecified atom stereocenters. The van der Waals surface area contributed by atoms with Gasteiger partial charge in [-0.15, -0.1) is 0 Å². The molecule has 1 aromatic carbocycles. The molecule has 0 spiro atoms. The number of nitrogen functional groups attached to an aromatic ring is 1. The second-order valence-corrected chi connectivity index (χ2v) is 7.87. The number of H-pyrrole nitrogens is 1. The molecule has 0 aliphatic heterocycles. The van der Waals surface area contributed by atoms with Gasteiger partial charge in [0.2, 0.25) is 5.43 Å². The minimum absolute atomic E-state index is 0.0355. The second-order valence-electron chi connectivity index (χ2n) is 7.07. The van der Waals surface area contributed by atoms with Crippen LogP contribution in [0.15, 0.2) is 46.1 Å². The number of pyridine rings is 3. The number of benzene rings is 1. The van der Waals surface area contributed by atoms with E-state index >= 15 is 4.39 Å². The first kappa shape index (κ1) is 19.9. The van der Waals surface area contributed by atoms with Gasteiger partial charge in [0.05, 0.1) is 5.52 Å². The fourth-order valence-corrected chi connectivity index (χ4v) is 4.45. The molecule has 4 heterocycles. The summed E-state index contributed by atoms with van der Waals surface area (Å²) < 4.78 is 47.2. The quantitative estimate of drug-likeness (QED) is 0.423. The van der Waals surface area contributed by atoms with Crippen LogP contribution >= 0.6 is 11.5 Å². The molecular formula is C21H12F3N5O2S. The van der Waals surface area contributed by atoms with E-state index in [4.69, 9.17) is 5.73 Å². The van der Waals surface area contributed by atoms with Crippen molar-refractivity contribution in [3.05, 3.63) is 80.3 Å². The summed E-state index contributed by atoms with van der Waals surface area (Å²) in [6.07, 6.45) is 1.50. The van der Waals surface area contributed by atoms with Gasteiger partial charge in [-0.1, -0.05) is 0 Å². The highest BCUT2D eigenvalue weighted by Crippen LogP contribution is 2.31. The van der Waals surface area contributed by atoms with E-state index in [1.165, 1.54) is 12.3 Å². The molecule has 5 aromatic rings. The molecule has 4 aromatic heterocycles. The standard InChI is InChI=1S/C21H12F3N5O2S/c1-8-4-9(2-3-26-8)10-6-15-11(5-12(10)22)17(30)16-20(31)28-32-21(16)29(15)19-14(24)7-13(23)18(25)27-19/h2-7H,1H3,(H2,25,27)(H,28,31). The number of anilines is 1. The minimum atomic E-state index is -1.07. The number of rotatable bonds is 2. The van der Waals surface area contributed by atoms with Crippen LogP contribution in [0.3, 0.4) is 0 Å². The van der Waals surface area contributed by atoms with E-state index in [0.29, 0.717) is 17.3 Å². The molecular weight excluding hydrogens is 443 g/mol. The third-order valence-electron chi connectivity index (χ3n) is 5.04. The molecule has 7 nitrogen and oxygen atoms in total. The van der Waals surface area contributed by atoms with E-state index in [9.17, 15) is 18.4 Å². The molecule has 0 aliphatic rings. The Kier molecular flexibility index (Phi) is 4.38. The minimum Gasteiger partial charge on any atom is -0.381 e. The van der Waals surface area contributed by atoms with Gasteiger partial charge in [0.1, 0.15) is 16.0 Å². The summed E-state index contributed by atoms with van der Waals surface area (Å²) in [6.45, 7) is 1.74. The molecule has 0 saturated heterocycles. The van der Waals surface area contributed by atoms with Crippen LogP contribution in [0.2, 0.25) is 0 Å². The lowest BCUT2D eigenvalue weighted by molar-refractivity contribution is 0.572. The van der Waals surface area contributed by atoms with Crippen LogP contribution < -0.4 is 16.7 Å². The van der Waals surface area contributed by atoms with E-state index < -0.39 is 40.1 Å². The van der Waals surface area contributed by atoms with E-state index in [0.717, 1.165) is 22.2 Å². The monoisotopic (exact) mass is 455 g/mol. The summed E-state index contributed by atoms with van der Waals surface area (Å²) in [7, 11) is 0. The second kappa shape index (κ2) is 7.02. The molecule has 0 atom stereocenters. The van der Waals surface area contributed by atoms with Crippen molar-refractivity contribution in [3.8, 4) is 16.9 Å². The van der Waals surface area contributed by atoms with Crippen LogP contribution in [-0.2, 0) is 0 Å². The number of aromatic nitrogens is 4. The predicted octanol–water partition coefficient (Wildman–Crippen LogP) is 3.66. The number of nitrogens with zero attached hydrogens (tertiary/aromatic N) is 3. The van der Waals surface area contributed by atoms with Crippen molar-refractivity contribution in [1.82, 2.24) is 18.9 Å². The highest BCUT2D eigenvalue weighted by atomic mass is 32.1. The van der Waals surface area contributed by atoms with E-state index in [2.05, 4.69) is 14.3 Å². The molecule has 0 aliphatic carbocycles. The van der Waals surface area contributed by atoms with Crippen LogP contribution in [0.5, 0.6) is 0 Å². The van der Waals surface area contributed by atoms with Crippen molar-refractivity contribution in [2.45, 2.75) is 6.92 Å². The zero-order valence-corrected chi connectivity index (χ0v) is 17.1. The highest BCUT2D eigenvalue weighted by molar-refractivity contribution is 7.12. The summed E-state index contributed by atoms with van der Waals surface area (Å²) in [5, 5.41) is -0.462. The maximum absolute atomic E-state index is 15.1. The van der Waals surface area contributed by atoms with Crippen LogP contribution in [0.1, 0.15) is 5.69 Å². The Bertz CT molecular complexity index is 1690. The molecule has 0 saturated carbocycles. The van der Waals surface area contributed by atoms with Gasteiger partial charge in [0, 0.05) is 28.9 Å². The summed E-state index contributed by atoms with van der Waals surface area (Å²) in [6, 6.07) is 6.13. The number of aromatic amines is 1. The van der Waals surface area contributed by atoms with Gasteiger partial charge >= 0.3 is 0 Å². The number of hydrogen-bond donors (Lipinski definition) is 2. The number of hydrogen-bond acceptors (Lipinski definition) is 6. The number of nitrogens with one attached hydrogen (secondary N) is 1. The lowest BCUT2D eigenvalue weighted by atomic mass is 10.0. The zero-order chi connectivity index (χ0) is 22.7. The Morgan fingerprint density at radius 2 is 1.84 bits per heavy atom. The van der Waals surface area contributed by atoms with Gasteiger partial charge in [-0.25, -0.2) is 18.2 Å². The summed E-state index contributed by atoms with van der Waals surface area (Å²) >= 11 is 0.772. The Balaban J connectivity index is 2.00. The molecule has 0 radical (unpaired) electrons. The van der Waals surface area contributed by atoms with Crippen molar-refractivity contribution in [2.75, 3.05) is 5.73 Å². The number of halogens is 3. The Morgan fingerprint density at radius 3 is 2.59 bits per heavy atom. The molecule has 11 heteroatoms. The zero-order valence-electron chi connectivity index (χ0n) is 16.2. The first-order valence-corrected chi connectivity index (χ1v) is 10.0. The van der Waals surface area contributed by atoms with Gasteiger partial charge in [-0.2, -0.15) is 0 Å². The van der Waals surface area contributed by atoms with Crippen molar-refractivity contribution in [2.24, 2.45) is 0 Å². The van der Waals surface area contributed by atoms with E-state index in [1.807, 2.05) is 0 Å². The maximum Gasteiger partial charge on any atom is 0.271 e. The normalized spacial score (nSPS) is 11.5. The van der Waals surface area contributed by atoms with Crippen molar-refractivity contribution >= 4 is 38.5 Å². The molecule has 160 valence electrons. The summed E-state index contributed by atoms with van der Waals surface area (Å²) in [5.74, 6) is -3.86. The third-order valence-corrected chi connectivity index (χ3v) is 5.91. The van der Waals surface area contributed by atoms with Gasteiger partial charge in [-0.3, -0.25) is 23.5 Å². The van der Waals surface area contributed by atoms with Gasteiger partial charge < -0.3 is 5.73 Å². The highest BCUT2D eigenvalue weighted by Gasteiger charge is 2.23. The van der Waals surface area contributed by atoms with Gasteiger partial charge in [0.15, 0.2) is 23.3 Å². The first-order chi connectivity index (χ1) is 15.3. The predicted molar refractivity (Wildman–Crippen MR) is 116 cm³/mol. The van der Waals surface area contributed by atoms with Crippen LogP contribution in [0, 0.1) is 24.4 Å². The summed E-state index contributed by atoms with van der Waals surface area (Å²) in [5.41, 5.74) is 5.42. The van der Waals surface area contributed by atoms with Crippen molar-refractivity contribution in [3.63, 3.8) is 0 Å². The van der Waals surface area contributed by atoms with Crippen LogP contribution in [0.25, 0.3) is 38.1 Å².